The highest BCUT2D eigenvalue weighted by atomic mass is 79.9. The van der Waals surface area contributed by atoms with E-state index in [4.69, 9.17) is 21.4 Å². The van der Waals surface area contributed by atoms with Gasteiger partial charge in [-0.2, -0.15) is 5.10 Å². The summed E-state index contributed by atoms with van der Waals surface area (Å²) in [7, 11) is 1.79. The number of rotatable bonds is 1. The van der Waals surface area contributed by atoms with Crippen molar-refractivity contribution in [1.82, 2.24) is 5.01 Å². The third-order valence-electron chi connectivity index (χ3n) is 6.47. The first-order valence-electron chi connectivity index (χ1n) is 10.4. The highest BCUT2D eigenvalue weighted by Crippen LogP contribution is 2.55. The fourth-order valence-electron chi connectivity index (χ4n) is 4.92. The Kier molecular flexibility index (Phi) is 4.23. The number of hydrogen-bond donors (Lipinski definition) is 0. The van der Waals surface area contributed by atoms with Crippen LogP contribution in [0.5, 0.6) is 5.75 Å². The number of carbonyl (C=O) groups is 1. The van der Waals surface area contributed by atoms with Crippen LogP contribution < -0.4 is 9.64 Å². The number of aryl methyl sites for hydroxylation is 1. The Labute approximate surface area is 199 Å². The second-order valence-electron chi connectivity index (χ2n) is 8.43. The molecule has 1 amide bonds. The fraction of sp³-hybridized carbons (Fsp3) is 0.200. The quantitative estimate of drug-likeness (QED) is 0.418. The number of benzene rings is 3. The summed E-state index contributed by atoms with van der Waals surface area (Å²) < 4.78 is 7.56. The van der Waals surface area contributed by atoms with Crippen molar-refractivity contribution in [3.63, 3.8) is 0 Å². The monoisotopic (exact) mass is 507 g/mol. The maximum atomic E-state index is 13.8. The van der Waals surface area contributed by atoms with Crippen molar-refractivity contribution in [2.75, 3.05) is 11.9 Å². The zero-order chi connectivity index (χ0) is 22.2. The number of ether oxygens (including phenoxy) is 1. The van der Waals surface area contributed by atoms with Crippen LogP contribution in [0.25, 0.3) is 0 Å². The molecule has 3 aliphatic heterocycles. The molecule has 3 aromatic rings. The van der Waals surface area contributed by atoms with Crippen LogP contribution in [-0.2, 0) is 10.5 Å². The molecule has 160 valence electrons. The van der Waals surface area contributed by atoms with Crippen molar-refractivity contribution in [1.29, 1.82) is 0 Å². The first-order chi connectivity index (χ1) is 15.4. The molecule has 0 aromatic heterocycles. The van der Waals surface area contributed by atoms with E-state index in [1.54, 1.807) is 11.9 Å². The molecule has 5 nitrogen and oxygen atoms in total. The molecule has 0 N–H and O–H groups in total. The van der Waals surface area contributed by atoms with E-state index < -0.39 is 5.72 Å². The van der Waals surface area contributed by atoms with Gasteiger partial charge in [-0.3, -0.25) is 4.79 Å². The van der Waals surface area contributed by atoms with Gasteiger partial charge in [-0.25, -0.2) is 5.01 Å². The van der Waals surface area contributed by atoms with Crippen LogP contribution >= 0.6 is 27.5 Å². The number of halogens is 2. The molecule has 1 spiro atoms. The predicted octanol–water partition coefficient (Wildman–Crippen LogP) is 5.78. The van der Waals surface area contributed by atoms with Crippen molar-refractivity contribution in [3.05, 3.63) is 92.4 Å². The van der Waals surface area contributed by atoms with Gasteiger partial charge in [0.15, 0.2) is 0 Å². The number of anilines is 1. The Balaban J connectivity index is 1.59. The highest BCUT2D eigenvalue weighted by molar-refractivity contribution is 9.10. The molecule has 32 heavy (non-hydrogen) atoms. The number of hydrazone groups is 1. The average molecular weight is 509 g/mol. The van der Waals surface area contributed by atoms with Crippen molar-refractivity contribution >= 4 is 44.8 Å². The molecular weight excluding hydrogens is 490 g/mol. The molecule has 3 heterocycles. The van der Waals surface area contributed by atoms with Gasteiger partial charge in [-0.1, -0.05) is 51.3 Å². The summed E-state index contributed by atoms with van der Waals surface area (Å²) in [4.78, 5) is 15.5. The predicted molar refractivity (Wildman–Crippen MR) is 128 cm³/mol. The SMILES string of the molecule is Cc1ccc2c(c1)[C@@]1(Oc3ccc(Br)cc3[C@@H]3CC(c4ccc(Cl)cc4)=NN31)C(=O)N2C. The van der Waals surface area contributed by atoms with Crippen LogP contribution in [0.2, 0.25) is 5.02 Å². The van der Waals surface area contributed by atoms with Crippen LogP contribution in [0.3, 0.4) is 0 Å². The van der Waals surface area contributed by atoms with Crippen LogP contribution in [0.4, 0.5) is 5.69 Å². The molecule has 0 saturated heterocycles. The van der Waals surface area contributed by atoms with Gasteiger partial charge in [0.1, 0.15) is 5.75 Å². The minimum Gasteiger partial charge on any atom is -0.453 e. The maximum Gasteiger partial charge on any atom is 0.306 e. The molecule has 2 atom stereocenters. The second-order valence-corrected chi connectivity index (χ2v) is 9.78. The summed E-state index contributed by atoms with van der Waals surface area (Å²) >= 11 is 9.69. The summed E-state index contributed by atoms with van der Waals surface area (Å²) in [6.07, 6.45) is 0.661. The van der Waals surface area contributed by atoms with Crippen LogP contribution in [-0.4, -0.2) is 23.7 Å². The Morgan fingerprint density at radius 1 is 1.12 bits per heavy atom. The molecule has 0 radical (unpaired) electrons. The molecule has 0 aliphatic carbocycles. The zero-order valence-electron chi connectivity index (χ0n) is 17.5. The van der Waals surface area contributed by atoms with Gasteiger partial charge >= 0.3 is 5.72 Å². The maximum absolute atomic E-state index is 13.8. The standard InChI is InChI=1S/C25H19BrClN3O2/c1-14-3-9-21-19(11-14)25(24(31)29(21)2)30-22(18-12-16(26)6-10-23(18)32-25)13-20(28-30)15-4-7-17(27)8-5-15/h3-12,22H,13H2,1-2H3/t22-,25+/m0/s1. The number of amides is 1. The first kappa shape index (κ1) is 19.8. The van der Waals surface area contributed by atoms with Crippen molar-refractivity contribution in [2.45, 2.75) is 25.1 Å². The lowest BCUT2D eigenvalue weighted by Gasteiger charge is -2.44. The third kappa shape index (κ3) is 2.63. The normalized spacial score (nSPS) is 23.1. The smallest absolute Gasteiger partial charge is 0.306 e. The van der Waals surface area contributed by atoms with Crippen molar-refractivity contribution in [3.8, 4) is 5.75 Å². The van der Waals surface area contributed by atoms with E-state index in [2.05, 4.69) is 22.0 Å². The summed E-state index contributed by atoms with van der Waals surface area (Å²) in [6.45, 7) is 2.02. The lowest BCUT2D eigenvalue weighted by atomic mass is 9.92. The topological polar surface area (TPSA) is 45.1 Å². The zero-order valence-corrected chi connectivity index (χ0v) is 19.8. The largest absolute Gasteiger partial charge is 0.453 e. The van der Waals surface area contributed by atoms with Gasteiger partial charge in [0, 0.05) is 28.5 Å². The van der Waals surface area contributed by atoms with Crippen molar-refractivity contribution < 1.29 is 9.53 Å². The molecule has 7 heteroatoms. The Bertz CT molecular complexity index is 1320. The number of fused-ring (bicyclic) bond motifs is 6. The summed E-state index contributed by atoms with van der Waals surface area (Å²) in [6, 6.07) is 19.5. The van der Waals surface area contributed by atoms with Crippen molar-refractivity contribution in [2.24, 2.45) is 5.10 Å². The molecule has 6 rings (SSSR count). The van der Waals surface area contributed by atoms with Gasteiger partial charge in [-0.15, -0.1) is 0 Å². The van der Waals surface area contributed by atoms with Crippen LogP contribution in [0.1, 0.15) is 34.7 Å². The molecule has 3 aliphatic rings. The van der Waals surface area contributed by atoms with E-state index in [0.29, 0.717) is 17.2 Å². The Morgan fingerprint density at radius 2 is 1.91 bits per heavy atom. The molecule has 0 fully saturated rings. The Hall–Kier alpha value is -2.83. The fourth-order valence-corrected chi connectivity index (χ4v) is 5.43. The van der Waals surface area contributed by atoms with Gasteiger partial charge in [0.2, 0.25) is 0 Å². The van der Waals surface area contributed by atoms with Gasteiger partial charge in [0.25, 0.3) is 5.91 Å². The third-order valence-corrected chi connectivity index (χ3v) is 7.22. The minimum absolute atomic E-state index is 0.134. The number of likely N-dealkylation sites (N-methyl/N-ethyl adjacent to an activating group) is 1. The van der Waals surface area contributed by atoms with E-state index >= 15 is 0 Å². The van der Waals surface area contributed by atoms with E-state index in [-0.39, 0.29) is 11.9 Å². The number of hydrogen-bond acceptors (Lipinski definition) is 4. The lowest BCUT2D eigenvalue weighted by molar-refractivity contribution is -0.163. The lowest BCUT2D eigenvalue weighted by Crippen LogP contribution is -2.56. The van der Waals surface area contributed by atoms with E-state index in [1.807, 2.05) is 66.5 Å². The second kappa shape index (κ2) is 6.83. The number of nitrogens with zero attached hydrogens (tertiary/aromatic N) is 3. The van der Waals surface area contributed by atoms with Gasteiger partial charge < -0.3 is 9.64 Å². The van der Waals surface area contributed by atoms with Gasteiger partial charge in [0.05, 0.1) is 23.0 Å². The average Bonchev–Trinajstić information content (AvgIpc) is 3.31. The van der Waals surface area contributed by atoms with E-state index in [9.17, 15) is 4.79 Å². The molecule has 0 saturated carbocycles. The van der Waals surface area contributed by atoms with E-state index in [1.165, 1.54) is 0 Å². The summed E-state index contributed by atoms with van der Waals surface area (Å²) in [5.41, 5.74) is 4.29. The summed E-state index contributed by atoms with van der Waals surface area (Å²) in [5.74, 6) is 0.566. The molecule has 0 unspecified atom stereocenters. The number of carbonyl (C=O) groups excluding carboxylic acids is 1. The Morgan fingerprint density at radius 3 is 2.69 bits per heavy atom. The van der Waals surface area contributed by atoms with Gasteiger partial charge in [-0.05, 0) is 55.0 Å². The minimum atomic E-state index is -1.34. The van der Waals surface area contributed by atoms with Crippen LogP contribution in [0, 0.1) is 6.92 Å². The summed E-state index contributed by atoms with van der Waals surface area (Å²) in [5, 5.41) is 7.55. The van der Waals surface area contributed by atoms with E-state index in [0.717, 1.165) is 38.1 Å². The first-order valence-corrected chi connectivity index (χ1v) is 11.6. The molecule has 0 bridgehead atoms. The van der Waals surface area contributed by atoms with Crippen LogP contribution in [0.15, 0.2) is 70.2 Å². The highest BCUT2D eigenvalue weighted by Gasteiger charge is 2.62. The molecule has 3 aromatic carbocycles. The molecular formula is C25H19BrClN3O2.